The van der Waals surface area contributed by atoms with E-state index < -0.39 is 0 Å². The van der Waals surface area contributed by atoms with E-state index in [9.17, 15) is 4.79 Å². The van der Waals surface area contributed by atoms with Crippen LogP contribution in [-0.2, 0) is 0 Å². The number of nitrogens with zero attached hydrogens (tertiary/aromatic N) is 3. The van der Waals surface area contributed by atoms with Crippen LogP contribution in [0, 0.1) is 0 Å². The molecule has 4 nitrogen and oxygen atoms in total. The van der Waals surface area contributed by atoms with Crippen LogP contribution in [0.4, 0.5) is 0 Å². The average molecular weight is 267 g/mol. The number of thioether (sulfide) groups is 1. The van der Waals surface area contributed by atoms with E-state index in [1.165, 1.54) is 6.33 Å². The predicted molar refractivity (Wildman–Crippen MR) is 74.0 cm³/mol. The molecular weight excluding hydrogens is 258 g/mol. The zero-order valence-electron chi connectivity index (χ0n) is 9.85. The van der Waals surface area contributed by atoms with Gasteiger partial charge in [0.15, 0.2) is 0 Å². The molecule has 0 unspecified atom stereocenters. The summed E-state index contributed by atoms with van der Waals surface area (Å²) in [7, 11) is 0. The molecule has 0 N–H and O–H groups in total. The molecular formula is C14H9N3OS. The summed E-state index contributed by atoms with van der Waals surface area (Å²) in [5, 5.41) is 1.41. The topological polar surface area (TPSA) is 55.7 Å². The van der Waals surface area contributed by atoms with E-state index in [2.05, 4.69) is 15.0 Å². The molecule has 19 heavy (non-hydrogen) atoms. The van der Waals surface area contributed by atoms with Crippen molar-refractivity contribution in [3.05, 3.63) is 60.7 Å². The van der Waals surface area contributed by atoms with Crippen molar-refractivity contribution < 1.29 is 4.79 Å². The zero-order chi connectivity index (χ0) is 13.1. The molecule has 2 aromatic heterocycles. The number of pyridine rings is 1. The average Bonchev–Trinajstić information content (AvgIpc) is 2.48. The fourth-order valence-corrected chi connectivity index (χ4v) is 2.47. The van der Waals surface area contributed by atoms with Crippen LogP contribution in [0.3, 0.4) is 0 Å². The number of aromatic nitrogens is 3. The van der Waals surface area contributed by atoms with Crippen molar-refractivity contribution in [3.8, 4) is 0 Å². The highest BCUT2D eigenvalue weighted by molar-refractivity contribution is 8.14. The Morgan fingerprint density at radius 2 is 1.79 bits per heavy atom. The molecule has 0 amide bonds. The Morgan fingerprint density at radius 1 is 0.947 bits per heavy atom. The van der Waals surface area contributed by atoms with Crippen LogP contribution >= 0.6 is 11.8 Å². The van der Waals surface area contributed by atoms with E-state index in [-0.39, 0.29) is 5.12 Å². The van der Waals surface area contributed by atoms with E-state index in [0.717, 1.165) is 22.7 Å². The Bertz CT molecular complexity index is 726. The molecule has 2 heterocycles. The summed E-state index contributed by atoms with van der Waals surface area (Å²) < 4.78 is 0. The first kappa shape index (κ1) is 11.8. The first-order chi connectivity index (χ1) is 9.34. The highest BCUT2D eigenvalue weighted by Crippen LogP contribution is 2.26. The van der Waals surface area contributed by atoms with Gasteiger partial charge in [0.2, 0.25) is 5.12 Å². The van der Waals surface area contributed by atoms with Gasteiger partial charge in [-0.2, -0.15) is 0 Å². The molecule has 0 aliphatic carbocycles. The van der Waals surface area contributed by atoms with Crippen LogP contribution in [0.25, 0.3) is 10.9 Å². The van der Waals surface area contributed by atoms with Gasteiger partial charge in [-0.1, -0.05) is 24.3 Å². The molecule has 0 radical (unpaired) electrons. The third-order valence-corrected chi connectivity index (χ3v) is 3.48. The van der Waals surface area contributed by atoms with Gasteiger partial charge in [0, 0.05) is 11.6 Å². The van der Waals surface area contributed by atoms with Gasteiger partial charge in [0.25, 0.3) is 0 Å². The molecule has 0 saturated heterocycles. The maximum absolute atomic E-state index is 12.1. The molecule has 0 saturated carbocycles. The van der Waals surface area contributed by atoms with Gasteiger partial charge >= 0.3 is 0 Å². The Balaban J connectivity index is 1.96. The lowest BCUT2D eigenvalue weighted by atomic mass is 10.2. The fraction of sp³-hybridized carbons (Fsp3) is 0. The lowest BCUT2D eigenvalue weighted by molar-refractivity contribution is 0.108. The lowest BCUT2D eigenvalue weighted by Gasteiger charge is -2.03. The van der Waals surface area contributed by atoms with Gasteiger partial charge in [-0.05, 0) is 30.0 Å². The Kier molecular flexibility index (Phi) is 3.20. The summed E-state index contributed by atoms with van der Waals surface area (Å²) in [6, 6.07) is 12.9. The van der Waals surface area contributed by atoms with Crippen LogP contribution in [0.15, 0.2) is 60.0 Å². The second-order valence-corrected chi connectivity index (χ2v) is 4.76. The monoisotopic (exact) mass is 267 g/mol. The molecule has 3 aromatic rings. The van der Waals surface area contributed by atoms with Gasteiger partial charge in [-0.25, -0.2) is 9.97 Å². The normalized spacial score (nSPS) is 10.5. The standard InChI is InChI=1S/C14H9N3OS/c18-14(12-7-3-4-8-15-12)19-13-10-5-1-2-6-11(10)16-9-17-13/h1-9H. The van der Waals surface area contributed by atoms with Crippen molar-refractivity contribution in [1.29, 1.82) is 0 Å². The molecule has 1 aromatic carbocycles. The summed E-state index contributed by atoms with van der Waals surface area (Å²) in [5.41, 5.74) is 1.25. The maximum Gasteiger partial charge on any atom is 0.243 e. The summed E-state index contributed by atoms with van der Waals surface area (Å²) in [5.74, 6) is 0. The third-order valence-electron chi connectivity index (χ3n) is 2.57. The lowest BCUT2D eigenvalue weighted by Crippen LogP contribution is -1.97. The predicted octanol–water partition coefficient (Wildman–Crippen LogP) is 2.96. The molecule has 0 fully saturated rings. The summed E-state index contributed by atoms with van der Waals surface area (Å²) in [6.07, 6.45) is 3.07. The molecule has 0 bridgehead atoms. The first-order valence-electron chi connectivity index (χ1n) is 5.67. The zero-order valence-corrected chi connectivity index (χ0v) is 10.7. The van der Waals surface area contributed by atoms with E-state index in [0.29, 0.717) is 10.7 Å². The SMILES string of the molecule is O=C(Sc1ncnc2ccccc12)c1ccccn1. The number of carbonyl (C=O) groups is 1. The third kappa shape index (κ3) is 2.46. The smallest absolute Gasteiger partial charge is 0.243 e. The van der Waals surface area contributed by atoms with E-state index in [1.807, 2.05) is 24.3 Å². The van der Waals surface area contributed by atoms with Crippen LogP contribution in [0.2, 0.25) is 0 Å². The Labute approximate surface area is 113 Å². The highest BCUT2D eigenvalue weighted by atomic mass is 32.2. The number of hydrogen-bond donors (Lipinski definition) is 0. The molecule has 5 heteroatoms. The van der Waals surface area contributed by atoms with Crippen molar-refractivity contribution >= 4 is 27.8 Å². The Hall–Kier alpha value is -2.27. The number of hydrogen-bond acceptors (Lipinski definition) is 5. The van der Waals surface area contributed by atoms with Gasteiger partial charge in [0.1, 0.15) is 17.0 Å². The number of fused-ring (bicyclic) bond motifs is 1. The molecule has 3 rings (SSSR count). The van der Waals surface area contributed by atoms with Crippen LogP contribution in [0.1, 0.15) is 10.5 Å². The molecule has 0 aliphatic rings. The molecule has 0 spiro atoms. The van der Waals surface area contributed by atoms with Gasteiger partial charge in [-0.3, -0.25) is 9.78 Å². The van der Waals surface area contributed by atoms with Crippen molar-refractivity contribution in [2.24, 2.45) is 0 Å². The number of rotatable bonds is 2. The largest absolute Gasteiger partial charge is 0.279 e. The van der Waals surface area contributed by atoms with Crippen molar-refractivity contribution in [2.45, 2.75) is 5.03 Å². The summed E-state index contributed by atoms with van der Waals surface area (Å²) >= 11 is 1.07. The maximum atomic E-state index is 12.1. The Morgan fingerprint density at radius 3 is 2.63 bits per heavy atom. The van der Waals surface area contributed by atoms with Crippen molar-refractivity contribution in [2.75, 3.05) is 0 Å². The second-order valence-electron chi connectivity index (χ2n) is 3.80. The van der Waals surface area contributed by atoms with Gasteiger partial charge < -0.3 is 0 Å². The highest BCUT2D eigenvalue weighted by Gasteiger charge is 2.12. The molecule has 92 valence electrons. The second kappa shape index (κ2) is 5.16. The van der Waals surface area contributed by atoms with Crippen LogP contribution in [-0.4, -0.2) is 20.1 Å². The number of benzene rings is 1. The summed E-state index contributed by atoms with van der Waals surface area (Å²) in [4.78, 5) is 24.5. The minimum absolute atomic E-state index is 0.121. The van der Waals surface area contributed by atoms with E-state index in [4.69, 9.17) is 0 Å². The van der Waals surface area contributed by atoms with E-state index in [1.54, 1.807) is 24.4 Å². The minimum atomic E-state index is -0.121. The van der Waals surface area contributed by atoms with Crippen LogP contribution in [0.5, 0.6) is 0 Å². The fourth-order valence-electron chi connectivity index (χ4n) is 1.69. The van der Waals surface area contributed by atoms with Crippen molar-refractivity contribution in [1.82, 2.24) is 15.0 Å². The van der Waals surface area contributed by atoms with Gasteiger partial charge in [-0.15, -0.1) is 0 Å². The quantitative estimate of drug-likeness (QED) is 0.528. The van der Waals surface area contributed by atoms with Crippen LogP contribution < -0.4 is 0 Å². The number of para-hydroxylation sites is 1. The van der Waals surface area contributed by atoms with Gasteiger partial charge in [0.05, 0.1) is 5.52 Å². The summed E-state index contributed by atoms with van der Waals surface area (Å²) in [6.45, 7) is 0. The molecule has 0 aliphatic heterocycles. The van der Waals surface area contributed by atoms with Crippen molar-refractivity contribution in [3.63, 3.8) is 0 Å². The molecule has 0 atom stereocenters. The van der Waals surface area contributed by atoms with E-state index >= 15 is 0 Å². The number of carbonyl (C=O) groups excluding carboxylic acids is 1. The minimum Gasteiger partial charge on any atom is -0.279 e. The first-order valence-corrected chi connectivity index (χ1v) is 6.49.